The van der Waals surface area contributed by atoms with E-state index in [9.17, 15) is 4.79 Å². The van der Waals surface area contributed by atoms with Crippen molar-refractivity contribution in [3.8, 4) is 0 Å². The van der Waals surface area contributed by atoms with Crippen molar-refractivity contribution >= 4 is 6.09 Å². The summed E-state index contributed by atoms with van der Waals surface area (Å²) in [5.41, 5.74) is -0.687. The van der Waals surface area contributed by atoms with Crippen LogP contribution >= 0.6 is 0 Å². The predicted octanol–water partition coefficient (Wildman–Crippen LogP) is 4.44. The van der Waals surface area contributed by atoms with Crippen LogP contribution in [0.1, 0.15) is 74.1 Å². The summed E-state index contributed by atoms with van der Waals surface area (Å²) < 4.78 is 5.55. The van der Waals surface area contributed by atoms with Gasteiger partial charge in [0.2, 0.25) is 0 Å². The Balaban J connectivity index is 2.44. The highest BCUT2D eigenvalue weighted by Crippen LogP contribution is 2.28. The number of hydrogen-bond acceptors (Lipinski definition) is 3. The van der Waals surface area contributed by atoms with Gasteiger partial charge in [0.15, 0.2) is 0 Å². The van der Waals surface area contributed by atoms with Crippen LogP contribution < -0.4 is 5.32 Å². The molecular weight excluding hydrogens is 288 g/mol. The lowest BCUT2D eigenvalue weighted by Crippen LogP contribution is -2.50. The first-order chi connectivity index (χ1) is 10.5. The third-order valence-corrected chi connectivity index (χ3v) is 4.63. The molecule has 1 rings (SSSR count). The van der Waals surface area contributed by atoms with Gasteiger partial charge in [-0.05, 0) is 66.3 Å². The van der Waals surface area contributed by atoms with Crippen LogP contribution in [0, 0.1) is 11.8 Å². The molecule has 0 saturated heterocycles. The average Bonchev–Trinajstić information content (AvgIpc) is 2.36. The van der Waals surface area contributed by atoms with Gasteiger partial charge in [0.1, 0.15) is 5.60 Å². The van der Waals surface area contributed by atoms with Crippen LogP contribution in [-0.4, -0.2) is 41.8 Å². The van der Waals surface area contributed by atoms with E-state index >= 15 is 0 Å². The molecule has 1 aliphatic rings. The molecule has 0 aromatic carbocycles. The SMILES string of the molecule is CC1CCCCC1CNCCN(C(=O)OC(C)(C)C)C(C)(C)C. The van der Waals surface area contributed by atoms with Crippen molar-refractivity contribution in [3.63, 3.8) is 0 Å². The lowest BCUT2D eigenvalue weighted by molar-refractivity contribution is 0.00654. The molecule has 0 bridgehead atoms. The van der Waals surface area contributed by atoms with Gasteiger partial charge in [0, 0.05) is 18.6 Å². The molecule has 4 heteroatoms. The number of carbonyl (C=O) groups excluding carboxylic acids is 1. The van der Waals surface area contributed by atoms with E-state index in [1.54, 1.807) is 0 Å². The summed E-state index contributed by atoms with van der Waals surface area (Å²) in [7, 11) is 0. The molecule has 0 aromatic heterocycles. The van der Waals surface area contributed by atoms with Crippen molar-refractivity contribution < 1.29 is 9.53 Å². The van der Waals surface area contributed by atoms with Crippen LogP contribution in [0.2, 0.25) is 0 Å². The fourth-order valence-corrected chi connectivity index (χ4v) is 3.19. The molecule has 0 aliphatic heterocycles. The van der Waals surface area contributed by atoms with E-state index in [4.69, 9.17) is 4.74 Å². The number of nitrogens with zero attached hydrogens (tertiary/aromatic N) is 1. The molecule has 2 atom stereocenters. The quantitative estimate of drug-likeness (QED) is 0.760. The summed E-state index contributed by atoms with van der Waals surface area (Å²) >= 11 is 0. The second-order valence-electron chi connectivity index (χ2n) is 9.03. The van der Waals surface area contributed by atoms with Crippen LogP contribution in [-0.2, 0) is 4.74 Å². The number of nitrogens with one attached hydrogen (secondary N) is 1. The largest absolute Gasteiger partial charge is 0.444 e. The van der Waals surface area contributed by atoms with Crippen molar-refractivity contribution in [2.45, 2.75) is 85.3 Å². The maximum Gasteiger partial charge on any atom is 0.410 e. The number of hydrogen-bond donors (Lipinski definition) is 1. The van der Waals surface area contributed by atoms with Crippen LogP contribution in [0.25, 0.3) is 0 Å². The van der Waals surface area contributed by atoms with Crippen molar-refractivity contribution in [1.29, 1.82) is 0 Å². The fourth-order valence-electron chi connectivity index (χ4n) is 3.19. The summed E-state index contributed by atoms with van der Waals surface area (Å²) in [6.07, 6.45) is 5.22. The Bertz CT molecular complexity index is 369. The Labute approximate surface area is 143 Å². The molecule has 4 nitrogen and oxygen atoms in total. The summed E-state index contributed by atoms with van der Waals surface area (Å²) in [5, 5.41) is 3.56. The Hall–Kier alpha value is -0.770. The normalized spacial score (nSPS) is 22.7. The van der Waals surface area contributed by atoms with E-state index in [1.807, 2.05) is 25.7 Å². The molecule has 0 heterocycles. The molecule has 0 aromatic rings. The Morgan fingerprint density at radius 2 is 1.74 bits per heavy atom. The lowest BCUT2D eigenvalue weighted by Gasteiger charge is -2.37. The molecule has 1 N–H and O–H groups in total. The van der Waals surface area contributed by atoms with Gasteiger partial charge in [-0.15, -0.1) is 0 Å². The number of amides is 1. The van der Waals surface area contributed by atoms with Gasteiger partial charge in [0.25, 0.3) is 0 Å². The van der Waals surface area contributed by atoms with Crippen LogP contribution in [0.3, 0.4) is 0 Å². The predicted molar refractivity (Wildman–Crippen MR) is 96.7 cm³/mol. The first kappa shape index (κ1) is 20.3. The van der Waals surface area contributed by atoms with Gasteiger partial charge in [0.05, 0.1) is 0 Å². The van der Waals surface area contributed by atoms with Gasteiger partial charge in [-0.25, -0.2) is 4.79 Å². The van der Waals surface area contributed by atoms with E-state index in [-0.39, 0.29) is 11.6 Å². The summed E-state index contributed by atoms with van der Waals surface area (Å²) in [4.78, 5) is 14.3. The van der Waals surface area contributed by atoms with Gasteiger partial charge in [-0.1, -0.05) is 26.2 Å². The Morgan fingerprint density at radius 1 is 1.13 bits per heavy atom. The van der Waals surface area contributed by atoms with Crippen LogP contribution in [0.4, 0.5) is 4.79 Å². The molecule has 136 valence electrons. The first-order valence-electron chi connectivity index (χ1n) is 9.22. The van der Waals surface area contributed by atoms with Gasteiger partial charge >= 0.3 is 6.09 Å². The van der Waals surface area contributed by atoms with Crippen molar-refractivity contribution in [1.82, 2.24) is 10.2 Å². The molecular formula is C19H38N2O2. The summed E-state index contributed by atoms with van der Waals surface area (Å²) in [5.74, 6) is 1.61. The van der Waals surface area contributed by atoms with E-state index in [0.717, 1.165) is 24.9 Å². The number of carbonyl (C=O) groups is 1. The van der Waals surface area contributed by atoms with E-state index in [2.05, 4.69) is 33.0 Å². The zero-order valence-electron chi connectivity index (χ0n) is 16.4. The highest BCUT2D eigenvalue weighted by Gasteiger charge is 2.30. The van der Waals surface area contributed by atoms with Gasteiger partial charge in [-0.3, -0.25) is 0 Å². The Kier molecular flexibility index (Phi) is 7.37. The highest BCUT2D eigenvalue weighted by atomic mass is 16.6. The smallest absolute Gasteiger partial charge is 0.410 e. The first-order valence-corrected chi connectivity index (χ1v) is 9.22. The zero-order chi connectivity index (χ0) is 17.7. The maximum atomic E-state index is 12.4. The molecule has 23 heavy (non-hydrogen) atoms. The maximum absolute atomic E-state index is 12.4. The average molecular weight is 327 g/mol. The highest BCUT2D eigenvalue weighted by molar-refractivity contribution is 5.69. The molecule has 1 fully saturated rings. The second-order valence-corrected chi connectivity index (χ2v) is 9.03. The van der Waals surface area contributed by atoms with Crippen molar-refractivity contribution in [2.75, 3.05) is 19.6 Å². The van der Waals surface area contributed by atoms with Crippen molar-refractivity contribution in [2.24, 2.45) is 11.8 Å². The van der Waals surface area contributed by atoms with Gasteiger partial charge < -0.3 is 15.0 Å². The zero-order valence-corrected chi connectivity index (χ0v) is 16.4. The molecule has 1 saturated carbocycles. The fraction of sp³-hybridized carbons (Fsp3) is 0.947. The standard InChI is InChI=1S/C19H38N2O2/c1-15-10-8-9-11-16(15)14-20-12-13-21(18(2,3)4)17(22)23-19(5,6)7/h15-16,20H,8-14H2,1-7H3. The Morgan fingerprint density at radius 3 is 2.26 bits per heavy atom. The molecule has 0 spiro atoms. The van der Waals surface area contributed by atoms with E-state index in [1.165, 1.54) is 25.7 Å². The minimum atomic E-state index is -0.453. The molecule has 0 radical (unpaired) electrons. The molecule has 2 unspecified atom stereocenters. The molecule has 1 amide bonds. The minimum absolute atomic E-state index is 0.224. The van der Waals surface area contributed by atoms with E-state index in [0.29, 0.717) is 6.54 Å². The number of rotatable bonds is 5. The second kappa shape index (κ2) is 8.36. The van der Waals surface area contributed by atoms with E-state index < -0.39 is 5.60 Å². The number of ether oxygens (including phenoxy) is 1. The van der Waals surface area contributed by atoms with Gasteiger partial charge in [-0.2, -0.15) is 0 Å². The summed E-state index contributed by atoms with van der Waals surface area (Å²) in [6.45, 7) is 16.8. The summed E-state index contributed by atoms with van der Waals surface area (Å²) in [6, 6.07) is 0. The minimum Gasteiger partial charge on any atom is -0.444 e. The third-order valence-electron chi connectivity index (χ3n) is 4.63. The van der Waals surface area contributed by atoms with Crippen molar-refractivity contribution in [3.05, 3.63) is 0 Å². The molecule has 1 aliphatic carbocycles. The van der Waals surface area contributed by atoms with Crippen LogP contribution in [0.5, 0.6) is 0 Å². The third kappa shape index (κ3) is 7.56. The lowest BCUT2D eigenvalue weighted by atomic mass is 9.80. The van der Waals surface area contributed by atoms with Crippen LogP contribution in [0.15, 0.2) is 0 Å². The monoisotopic (exact) mass is 326 g/mol. The topological polar surface area (TPSA) is 41.6 Å².